The second kappa shape index (κ2) is 6.07. The van der Waals surface area contributed by atoms with Crippen LogP contribution in [-0.4, -0.2) is 15.0 Å². The molecule has 1 heterocycles. The Kier molecular flexibility index (Phi) is 4.21. The molecular formula is C13H12N4O2S. The van der Waals surface area contributed by atoms with Gasteiger partial charge in [-0.05, 0) is 42.9 Å². The van der Waals surface area contributed by atoms with Gasteiger partial charge in [0.2, 0.25) is 0 Å². The number of nitro benzene ring substituents is 1. The van der Waals surface area contributed by atoms with Gasteiger partial charge in [-0.15, -0.1) is 0 Å². The van der Waals surface area contributed by atoms with Gasteiger partial charge >= 0.3 is 0 Å². The van der Waals surface area contributed by atoms with E-state index in [0.717, 1.165) is 5.56 Å². The zero-order valence-corrected chi connectivity index (χ0v) is 11.5. The second-order valence-corrected chi connectivity index (χ2v) is 4.51. The average Bonchev–Trinajstić information content (AvgIpc) is 2.42. The summed E-state index contributed by atoms with van der Waals surface area (Å²) in [6, 6.07) is 9.75. The molecule has 0 aliphatic rings. The number of hydrogen-bond donors (Lipinski definition) is 2. The Bertz CT molecular complexity index is 626. The van der Waals surface area contributed by atoms with Crippen molar-refractivity contribution in [2.45, 2.75) is 6.92 Å². The van der Waals surface area contributed by atoms with Gasteiger partial charge in [0.15, 0.2) is 5.11 Å². The van der Waals surface area contributed by atoms with Crippen LogP contribution in [0, 0.1) is 17.0 Å². The summed E-state index contributed by atoms with van der Waals surface area (Å²) < 4.78 is 0. The number of nitrogens with one attached hydrogen (secondary N) is 2. The van der Waals surface area contributed by atoms with Gasteiger partial charge in [-0.3, -0.25) is 10.1 Å². The highest BCUT2D eigenvalue weighted by Crippen LogP contribution is 2.15. The van der Waals surface area contributed by atoms with Gasteiger partial charge in [-0.1, -0.05) is 6.07 Å². The molecule has 0 atom stereocenters. The van der Waals surface area contributed by atoms with Gasteiger partial charge in [0, 0.05) is 24.0 Å². The highest BCUT2D eigenvalue weighted by atomic mass is 32.1. The maximum absolute atomic E-state index is 10.5. The van der Waals surface area contributed by atoms with Gasteiger partial charge in [0.25, 0.3) is 5.69 Å². The van der Waals surface area contributed by atoms with Gasteiger partial charge in [-0.2, -0.15) is 0 Å². The Labute approximate surface area is 121 Å². The molecule has 0 saturated carbocycles. The van der Waals surface area contributed by atoms with Crippen LogP contribution in [0.15, 0.2) is 42.6 Å². The zero-order valence-electron chi connectivity index (χ0n) is 10.7. The molecule has 0 bridgehead atoms. The SMILES string of the molecule is Cc1ccc(NC(=S)Nc2ccc([N+](=O)[O-])cc2)nc1. The highest BCUT2D eigenvalue weighted by Gasteiger charge is 2.05. The topological polar surface area (TPSA) is 80.1 Å². The molecule has 7 heteroatoms. The van der Waals surface area contributed by atoms with Gasteiger partial charge in [0.1, 0.15) is 5.82 Å². The first-order chi connectivity index (χ1) is 9.54. The molecule has 0 saturated heterocycles. The van der Waals surface area contributed by atoms with Crippen LogP contribution in [0.25, 0.3) is 0 Å². The minimum atomic E-state index is -0.448. The quantitative estimate of drug-likeness (QED) is 0.513. The molecule has 20 heavy (non-hydrogen) atoms. The van der Waals surface area contributed by atoms with Crippen LogP contribution in [0.2, 0.25) is 0 Å². The molecule has 0 spiro atoms. The molecule has 2 N–H and O–H groups in total. The Hall–Kier alpha value is -2.54. The molecule has 0 unspecified atom stereocenters. The summed E-state index contributed by atoms with van der Waals surface area (Å²) >= 11 is 5.14. The number of thiocarbonyl (C=S) groups is 1. The largest absolute Gasteiger partial charge is 0.332 e. The van der Waals surface area contributed by atoms with Crippen molar-refractivity contribution in [3.05, 3.63) is 58.3 Å². The number of nitro groups is 1. The predicted molar refractivity (Wildman–Crippen MR) is 81.9 cm³/mol. The fraction of sp³-hybridized carbons (Fsp3) is 0.0769. The lowest BCUT2D eigenvalue weighted by molar-refractivity contribution is -0.384. The number of aromatic nitrogens is 1. The molecule has 6 nitrogen and oxygen atoms in total. The maximum Gasteiger partial charge on any atom is 0.269 e. The summed E-state index contributed by atoms with van der Waals surface area (Å²) in [5.74, 6) is 0.634. The van der Waals surface area contributed by atoms with Crippen molar-refractivity contribution in [2.75, 3.05) is 10.6 Å². The first kappa shape index (κ1) is 13.9. The molecule has 1 aromatic heterocycles. The van der Waals surface area contributed by atoms with Crippen molar-refractivity contribution in [1.82, 2.24) is 4.98 Å². The monoisotopic (exact) mass is 288 g/mol. The van der Waals surface area contributed by atoms with Crippen molar-refractivity contribution in [3.63, 3.8) is 0 Å². The third-order valence-electron chi connectivity index (χ3n) is 2.49. The highest BCUT2D eigenvalue weighted by molar-refractivity contribution is 7.80. The molecule has 0 aliphatic heterocycles. The molecular weight excluding hydrogens is 276 g/mol. The lowest BCUT2D eigenvalue weighted by Crippen LogP contribution is -2.19. The first-order valence-corrected chi connectivity index (χ1v) is 6.20. The minimum Gasteiger partial charge on any atom is -0.332 e. The van der Waals surface area contributed by atoms with Crippen molar-refractivity contribution in [3.8, 4) is 0 Å². The normalized spacial score (nSPS) is 9.85. The average molecular weight is 288 g/mol. The van der Waals surface area contributed by atoms with E-state index >= 15 is 0 Å². The van der Waals surface area contributed by atoms with Gasteiger partial charge in [0.05, 0.1) is 4.92 Å². The summed E-state index contributed by atoms with van der Waals surface area (Å²) in [4.78, 5) is 14.3. The van der Waals surface area contributed by atoms with Crippen LogP contribution in [-0.2, 0) is 0 Å². The molecule has 102 valence electrons. The molecule has 1 aromatic carbocycles. The number of hydrogen-bond acceptors (Lipinski definition) is 4. The van der Waals surface area contributed by atoms with E-state index in [0.29, 0.717) is 16.6 Å². The predicted octanol–water partition coefficient (Wildman–Crippen LogP) is 3.11. The number of anilines is 2. The number of aryl methyl sites for hydroxylation is 1. The van der Waals surface area contributed by atoms with Crippen LogP contribution in [0.1, 0.15) is 5.56 Å². The Morgan fingerprint density at radius 3 is 2.45 bits per heavy atom. The lowest BCUT2D eigenvalue weighted by atomic mass is 10.3. The maximum atomic E-state index is 10.5. The molecule has 2 aromatic rings. The van der Waals surface area contributed by atoms with E-state index in [9.17, 15) is 10.1 Å². The summed E-state index contributed by atoms with van der Waals surface area (Å²) in [5, 5.41) is 16.8. The first-order valence-electron chi connectivity index (χ1n) is 5.80. The third kappa shape index (κ3) is 3.72. The summed E-state index contributed by atoms with van der Waals surface area (Å²) in [5.41, 5.74) is 1.76. The van der Waals surface area contributed by atoms with Crippen LogP contribution in [0.4, 0.5) is 17.2 Å². The Morgan fingerprint density at radius 2 is 1.90 bits per heavy atom. The third-order valence-corrected chi connectivity index (χ3v) is 2.69. The van der Waals surface area contributed by atoms with E-state index in [-0.39, 0.29) is 5.69 Å². The number of non-ortho nitro benzene ring substituents is 1. The van der Waals surface area contributed by atoms with Gasteiger partial charge < -0.3 is 10.6 Å². The summed E-state index contributed by atoms with van der Waals surface area (Å²) in [6.45, 7) is 1.95. The van der Waals surface area contributed by atoms with E-state index in [4.69, 9.17) is 12.2 Å². The second-order valence-electron chi connectivity index (χ2n) is 4.10. The van der Waals surface area contributed by atoms with Crippen LogP contribution >= 0.6 is 12.2 Å². The Morgan fingerprint density at radius 1 is 1.20 bits per heavy atom. The number of benzene rings is 1. The van der Waals surface area contributed by atoms with E-state index in [2.05, 4.69) is 15.6 Å². The molecule has 0 amide bonds. The summed E-state index contributed by atoms with van der Waals surface area (Å²) in [7, 11) is 0. The van der Waals surface area contributed by atoms with Crippen LogP contribution in [0.5, 0.6) is 0 Å². The van der Waals surface area contributed by atoms with Crippen molar-refractivity contribution in [2.24, 2.45) is 0 Å². The Balaban J connectivity index is 1.97. The number of pyridine rings is 1. The smallest absolute Gasteiger partial charge is 0.269 e. The van der Waals surface area contributed by atoms with Crippen molar-refractivity contribution >= 4 is 34.5 Å². The van der Waals surface area contributed by atoms with Gasteiger partial charge in [-0.25, -0.2) is 4.98 Å². The summed E-state index contributed by atoms with van der Waals surface area (Å²) in [6.07, 6.45) is 1.73. The lowest BCUT2D eigenvalue weighted by Gasteiger charge is -2.09. The number of nitrogens with zero attached hydrogens (tertiary/aromatic N) is 2. The van der Waals surface area contributed by atoms with E-state index < -0.39 is 4.92 Å². The van der Waals surface area contributed by atoms with E-state index in [1.54, 1.807) is 18.3 Å². The molecule has 0 fully saturated rings. The van der Waals surface area contributed by atoms with Crippen molar-refractivity contribution < 1.29 is 4.92 Å². The fourth-order valence-corrected chi connectivity index (χ4v) is 1.71. The van der Waals surface area contributed by atoms with Crippen LogP contribution in [0.3, 0.4) is 0 Å². The van der Waals surface area contributed by atoms with E-state index in [1.165, 1.54) is 12.1 Å². The zero-order chi connectivity index (χ0) is 14.5. The standard InChI is InChI=1S/C13H12N4O2S/c1-9-2-7-12(14-8-9)16-13(20)15-10-3-5-11(6-4-10)17(18)19/h2-8H,1H3,(H2,14,15,16,20). The van der Waals surface area contributed by atoms with Crippen molar-refractivity contribution in [1.29, 1.82) is 0 Å². The molecule has 0 radical (unpaired) electrons. The number of rotatable bonds is 3. The molecule has 2 rings (SSSR count). The molecule has 0 aliphatic carbocycles. The van der Waals surface area contributed by atoms with E-state index in [1.807, 2.05) is 19.1 Å². The minimum absolute atomic E-state index is 0.0367. The van der Waals surface area contributed by atoms with Crippen LogP contribution < -0.4 is 10.6 Å². The fourth-order valence-electron chi connectivity index (χ4n) is 1.49.